The molecule has 0 saturated carbocycles. The number of benzene rings is 2. The molecular weight excluding hydrogens is 273 g/mol. The van der Waals surface area contributed by atoms with E-state index in [1.807, 2.05) is 0 Å². The van der Waals surface area contributed by atoms with Crippen molar-refractivity contribution in [3.05, 3.63) is 65.0 Å². The second-order valence-corrected chi connectivity index (χ2v) is 4.39. The van der Waals surface area contributed by atoms with Gasteiger partial charge in [0.1, 0.15) is 24.2 Å². The van der Waals surface area contributed by atoms with Crippen LogP contribution >= 0.6 is 0 Å². The standard InChI is InChI=1S/C16H12FNO3/c17-14-6-5-11(7-13(14)9-18)10-21-15-4-2-1-3-12(15)8-16(19)20/h1-7H,8,10H2,(H,19,20). The molecule has 0 fully saturated rings. The predicted octanol–water partition coefficient (Wildman–Crippen LogP) is 2.90. The van der Waals surface area contributed by atoms with E-state index in [1.54, 1.807) is 30.3 Å². The van der Waals surface area contributed by atoms with Gasteiger partial charge in [-0.25, -0.2) is 4.39 Å². The van der Waals surface area contributed by atoms with Crippen LogP contribution in [0.5, 0.6) is 5.75 Å². The van der Waals surface area contributed by atoms with E-state index in [0.717, 1.165) is 0 Å². The van der Waals surface area contributed by atoms with Crippen molar-refractivity contribution in [2.75, 3.05) is 0 Å². The van der Waals surface area contributed by atoms with Crippen LogP contribution in [0.15, 0.2) is 42.5 Å². The number of nitrogens with zero attached hydrogens (tertiary/aromatic N) is 1. The SMILES string of the molecule is N#Cc1cc(COc2ccccc2CC(=O)O)ccc1F. The topological polar surface area (TPSA) is 70.3 Å². The monoisotopic (exact) mass is 285 g/mol. The van der Waals surface area contributed by atoms with Crippen LogP contribution in [0, 0.1) is 17.1 Å². The van der Waals surface area contributed by atoms with E-state index in [1.165, 1.54) is 18.2 Å². The van der Waals surface area contributed by atoms with Crippen molar-refractivity contribution < 1.29 is 19.0 Å². The predicted molar refractivity (Wildman–Crippen MR) is 73.2 cm³/mol. The molecule has 0 spiro atoms. The molecule has 21 heavy (non-hydrogen) atoms. The summed E-state index contributed by atoms with van der Waals surface area (Å²) in [6, 6.07) is 12.7. The minimum absolute atomic E-state index is 0.0464. The molecule has 0 atom stereocenters. The Morgan fingerprint density at radius 1 is 1.29 bits per heavy atom. The van der Waals surface area contributed by atoms with E-state index in [9.17, 15) is 9.18 Å². The maximum absolute atomic E-state index is 13.2. The highest BCUT2D eigenvalue weighted by atomic mass is 19.1. The quantitative estimate of drug-likeness (QED) is 0.917. The summed E-state index contributed by atoms with van der Waals surface area (Å²) >= 11 is 0. The summed E-state index contributed by atoms with van der Waals surface area (Å²) in [5.74, 6) is -1.06. The van der Waals surface area contributed by atoms with Crippen molar-refractivity contribution >= 4 is 5.97 Å². The van der Waals surface area contributed by atoms with Crippen molar-refractivity contribution in [3.63, 3.8) is 0 Å². The van der Waals surface area contributed by atoms with Gasteiger partial charge in [-0.05, 0) is 23.8 Å². The average molecular weight is 285 g/mol. The van der Waals surface area contributed by atoms with Gasteiger partial charge in [0.25, 0.3) is 0 Å². The smallest absolute Gasteiger partial charge is 0.307 e. The molecule has 5 heteroatoms. The Morgan fingerprint density at radius 3 is 2.76 bits per heavy atom. The molecule has 0 saturated heterocycles. The molecule has 0 aromatic heterocycles. The molecule has 4 nitrogen and oxygen atoms in total. The third-order valence-electron chi connectivity index (χ3n) is 2.86. The van der Waals surface area contributed by atoms with Crippen LogP contribution < -0.4 is 4.74 Å². The van der Waals surface area contributed by atoms with Gasteiger partial charge in [0.2, 0.25) is 0 Å². The lowest BCUT2D eigenvalue weighted by atomic mass is 10.1. The van der Waals surface area contributed by atoms with Crippen LogP contribution in [-0.2, 0) is 17.8 Å². The second-order valence-electron chi connectivity index (χ2n) is 4.39. The molecule has 0 aliphatic rings. The largest absolute Gasteiger partial charge is 0.489 e. The zero-order chi connectivity index (χ0) is 15.2. The molecule has 0 unspecified atom stereocenters. The van der Waals surface area contributed by atoms with Crippen LogP contribution in [0.2, 0.25) is 0 Å². The third kappa shape index (κ3) is 3.80. The van der Waals surface area contributed by atoms with Gasteiger partial charge in [-0.3, -0.25) is 4.79 Å². The Morgan fingerprint density at radius 2 is 2.05 bits per heavy atom. The Labute approximate surface area is 121 Å². The zero-order valence-corrected chi connectivity index (χ0v) is 11.0. The number of nitriles is 1. The molecule has 0 amide bonds. The highest BCUT2D eigenvalue weighted by molar-refractivity contribution is 5.71. The van der Waals surface area contributed by atoms with Crippen molar-refractivity contribution in [1.82, 2.24) is 0 Å². The second kappa shape index (κ2) is 6.53. The molecule has 2 aromatic rings. The summed E-state index contributed by atoms with van der Waals surface area (Å²) in [5.41, 5.74) is 1.15. The van der Waals surface area contributed by atoms with Gasteiger partial charge < -0.3 is 9.84 Å². The van der Waals surface area contributed by atoms with Gasteiger partial charge in [-0.1, -0.05) is 24.3 Å². The fourth-order valence-corrected chi connectivity index (χ4v) is 1.86. The molecular formula is C16H12FNO3. The van der Waals surface area contributed by atoms with Gasteiger partial charge in [0.15, 0.2) is 0 Å². The minimum Gasteiger partial charge on any atom is -0.489 e. The summed E-state index contributed by atoms with van der Waals surface area (Å²) in [7, 11) is 0. The maximum Gasteiger partial charge on any atom is 0.307 e. The van der Waals surface area contributed by atoms with E-state index in [2.05, 4.69) is 0 Å². The molecule has 1 N–H and O–H groups in total. The summed E-state index contributed by atoms with van der Waals surface area (Å²) in [5, 5.41) is 17.6. The number of halogens is 1. The molecule has 0 aliphatic heterocycles. The lowest BCUT2D eigenvalue weighted by Gasteiger charge is -2.10. The maximum atomic E-state index is 13.2. The minimum atomic E-state index is -0.945. The molecule has 106 valence electrons. The van der Waals surface area contributed by atoms with Crippen molar-refractivity contribution in [1.29, 1.82) is 5.26 Å². The van der Waals surface area contributed by atoms with E-state index in [-0.39, 0.29) is 18.6 Å². The lowest BCUT2D eigenvalue weighted by molar-refractivity contribution is -0.136. The number of para-hydroxylation sites is 1. The van der Waals surface area contributed by atoms with Gasteiger partial charge in [-0.15, -0.1) is 0 Å². The van der Waals surface area contributed by atoms with Crippen molar-refractivity contribution in [3.8, 4) is 11.8 Å². The van der Waals surface area contributed by atoms with Crippen LogP contribution in [0.3, 0.4) is 0 Å². The number of hydrogen-bond donors (Lipinski definition) is 1. The normalized spacial score (nSPS) is 9.90. The molecule has 0 bridgehead atoms. The lowest BCUT2D eigenvalue weighted by Crippen LogP contribution is -2.04. The first kappa shape index (κ1) is 14.5. The Kier molecular flexibility index (Phi) is 4.52. The highest BCUT2D eigenvalue weighted by Crippen LogP contribution is 2.20. The summed E-state index contributed by atoms with van der Waals surface area (Å²) in [6.07, 6.45) is -0.136. The third-order valence-corrected chi connectivity index (χ3v) is 2.86. The number of rotatable bonds is 5. The Bertz CT molecular complexity index is 707. The molecule has 0 heterocycles. The van der Waals surface area contributed by atoms with Crippen molar-refractivity contribution in [2.45, 2.75) is 13.0 Å². The fourth-order valence-electron chi connectivity index (χ4n) is 1.86. The molecule has 2 rings (SSSR count). The zero-order valence-electron chi connectivity index (χ0n) is 11.0. The van der Waals surface area contributed by atoms with E-state index >= 15 is 0 Å². The highest BCUT2D eigenvalue weighted by Gasteiger charge is 2.08. The number of aliphatic carboxylic acids is 1. The number of carbonyl (C=O) groups is 1. The van der Waals surface area contributed by atoms with E-state index < -0.39 is 11.8 Å². The van der Waals surface area contributed by atoms with Crippen LogP contribution in [-0.4, -0.2) is 11.1 Å². The average Bonchev–Trinajstić information content (AvgIpc) is 2.47. The number of carboxylic acids is 1. The van der Waals surface area contributed by atoms with E-state index in [0.29, 0.717) is 16.9 Å². The molecule has 0 radical (unpaired) electrons. The molecule has 2 aromatic carbocycles. The van der Waals surface area contributed by atoms with Crippen LogP contribution in [0.25, 0.3) is 0 Å². The van der Waals surface area contributed by atoms with Gasteiger partial charge >= 0.3 is 5.97 Å². The molecule has 0 aliphatic carbocycles. The number of carboxylic acid groups (broad SMARTS) is 1. The summed E-state index contributed by atoms with van der Waals surface area (Å²) in [4.78, 5) is 10.8. The Hall–Kier alpha value is -2.87. The first-order valence-electron chi connectivity index (χ1n) is 6.21. The number of ether oxygens (including phenoxy) is 1. The van der Waals surface area contributed by atoms with Gasteiger partial charge in [-0.2, -0.15) is 5.26 Å². The first-order valence-corrected chi connectivity index (χ1v) is 6.21. The van der Waals surface area contributed by atoms with Crippen LogP contribution in [0.4, 0.5) is 4.39 Å². The van der Waals surface area contributed by atoms with Gasteiger partial charge in [0, 0.05) is 5.56 Å². The fraction of sp³-hybridized carbons (Fsp3) is 0.125. The number of hydrogen-bond acceptors (Lipinski definition) is 3. The first-order chi connectivity index (χ1) is 10.1. The van der Waals surface area contributed by atoms with Crippen LogP contribution in [0.1, 0.15) is 16.7 Å². The van der Waals surface area contributed by atoms with Gasteiger partial charge in [0.05, 0.1) is 12.0 Å². The van der Waals surface area contributed by atoms with E-state index in [4.69, 9.17) is 15.1 Å². The van der Waals surface area contributed by atoms with Crippen molar-refractivity contribution in [2.24, 2.45) is 0 Å². The summed E-state index contributed by atoms with van der Waals surface area (Å²) < 4.78 is 18.8. The summed E-state index contributed by atoms with van der Waals surface area (Å²) in [6.45, 7) is 0.131. The Balaban J connectivity index is 2.13.